The van der Waals surface area contributed by atoms with Crippen molar-refractivity contribution in [3.8, 4) is 0 Å². The molecule has 0 unspecified atom stereocenters. The summed E-state index contributed by atoms with van der Waals surface area (Å²) >= 11 is 0. The van der Waals surface area contributed by atoms with Crippen molar-refractivity contribution in [1.82, 2.24) is 4.72 Å². The minimum atomic E-state index is -3.64. The van der Waals surface area contributed by atoms with Gasteiger partial charge in [-0.15, -0.1) is 0 Å². The predicted molar refractivity (Wildman–Crippen MR) is 239 cm³/mol. The molecule has 3 N–H and O–H groups in total. The van der Waals surface area contributed by atoms with Crippen LogP contribution in [0.1, 0.15) is 99.5 Å². The summed E-state index contributed by atoms with van der Waals surface area (Å²) in [5.41, 5.74) is 9.39. The van der Waals surface area contributed by atoms with Gasteiger partial charge in [0.05, 0.1) is 4.90 Å². The van der Waals surface area contributed by atoms with Crippen molar-refractivity contribution < 1.29 is 28.2 Å². The summed E-state index contributed by atoms with van der Waals surface area (Å²) in [5.74, 6) is -1.89. The van der Waals surface area contributed by atoms with Gasteiger partial charge in [0.1, 0.15) is 0 Å². The molecule has 8 heteroatoms. The third kappa shape index (κ3) is 15.5. The Labute approximate surface area is 347 Å². The summed E-state index contributed by atoms with van der Waals surface area (Å²) in [6.45, 7) is 16.4. The first-order valence-corrected chi connectivity index (χ1v) is 21.3. The van der Waals surface area contributed by atoms with Crippen LogP contribution in [0.4, 0.5) is 0 Å². The number of rotatable bonds is 14. The summed E-state index contributed by atoms with van der Waals surface area (Å²) < 4.78 is 28.5. The second-order valence-electron chi connectivity index (χ2n) is 16.2. The topological polar surface area (TPSA) is 121 Å². The molecule has 0 fully saturated rings. The van der Waals surface area contributed by atoms with Crippen LogP contribution in [0.25, 0.3) is 5.57 Å². The highest BCUT2D eigenvalue weighted by Crippen LogP contribution is 2.45. The number of sulfonamides is 1. The Hall–Kier alpha value is -5.47. The number of aliphatic carboxylic acids is 2. The molecule has 2 aliphatic rings. The van der Waals surface area contributed by atoms with Crippen LogP contribution in [0.15, 0.2) is 178 Å². The van der Waals surface area contributed by atoms with Crippen molar-refractivity contribution in [3.05, 3.63) is 178 Å². The minimum absolute atomic E-state index is 0.153. The van der Waals surface area contributed by atoms with E-state index in [0.717, 1.165) is 53.3 Å². The maximum Gasteiger partial charge on any atom is 0.328 e. The number of benzene rings is 2. The number of nitrogens with one attached hydrogen (secondary N) is 1. The van der Waals surface area contributed by atoms with Gasteiger partial charge in [-0.25, -0.2) is 18.0 Å². The van der Waals surface area contributed by atoms with Crippen LogP contribution >= 0.6 is 0 Å². The lowest BCUT2D eigenvalue weighted by Gasteiger charge is -2.34. The van der Waals surface area contributed by atoms with Gasteiger partial charge in [0, 0.05) is 17.8 Å². The number of carbonyl (C=O) groups is 2. The zero-order valence-corrected chi connectivity index (χ0v) is 36.2. The minimum Gasteiger partial charge on any atom is -0.478 e. The first-order valence-electron chi connectivity index (χ1n) is 19.8. The summed E-state index contributed by atoms with van der Waals surface area (Å²) in [4.78, 5) is 21.6. The SMILES string of the molecule is CC(/C=C/C1=C(NS(=O)(=O)c2ccccc2)CCCC1(C)C)=C\C=C\C(C)=C\C(=O)O.CC(/C=C/C1=C(c2ccccc2)CCCC1(C)C)=C\C=C\C(C)=C\C(=O)O. The second kappa shape index (κ2) is 21.9. The van der Waals surface area contributed by atoms with E-state index in [1.807, 2.05) is 43.4 Å². The Kier molecular flexibility index (Phi) is 17.7. The molecular weight excluding hydrogens is 743 g/mol. The number of allylic oxidation sites excluding steroid dienone is 18. The normalized spacial score (nSPS) is 18.3. The zero-order chi connectivity index (χ0) is 42.9. The molecule has 7 nitrogen and oxygen atoms in total. The van der Waals surface area contributed by atoms with E-state index in [2.05, 4.69) is 81.8 Å². The van der Waals surface area contributed by atoms with Crippen molar-refractivity contribution in [3.63, 3.8) is 0 Å². The molecule has 0 radical (unpaired) electrons. The largest absolute Gasteiger partial charge is 0.478 e. The molecule has 4 rings (SSSR count). The average Bonchev–Trinajstić information content (AvgIpc) is 3.13. The van der Waals surface area contributed by atoms with Crippen LogP contribution in [-0.2, 0) is 19.6 Å². The molecule has 0 heterocycles. The van der Waals surface area contributed by atoms with E-state index in [4.69, 9.17) is 10.2 Å². The highest BCUT2D eigenvalue weighted by Gasteiger charge is 2.31. The zero-order valence-electron chi connectivity index (χ0n) is 35.4. The van der Waals surface area contributed by atoms with Gasteiger partial charge in [-0.3, -0.25) is 4.72 Å². The molecular formula is C50H61NO6S. The third-order valence-electron chi connectivity index (χ3n) is 10.2. The Balaban J connectivity index is 0.000000313. The molecule has 308 valence electrons. The molecule has 0 saturated carbocycles. The first kappa shape index (κ1) is 46.9. The maximum absolute atomic E-state index is 12.8. The van der Waals surface area contributed by atoms with Gasteiger partial charge in [-0.2, -0.15) is 0 Å². The van der Waals surface area contributed by atoms with Crippen molar-refractivity contribution in [2.75, 3.05) is 0 Å². The van der Waals surface area contributed by atoms with Gasteiger partial charge in [-0.1, -0.05) is 148 Å². The van der Waals surface area contributed by atoms with E-state index in [1.165, 1.54) is 35.6 Å². The van der Waals surface area contributed by atoms with Crippen LogP contribution in [0.3, 0.4) is 0 Å². The fraction of sp³-hybridized carbons (Fsp3) is 0.320. The van der Waals surface area contributed by atoms with Crippen molar-refractivity contribution in [2.45, 2.75) is 98.8 Å². The van der Waals surface area contributed by atoms with E-state index >= 15 is 0 Å². The van der Waals surface area contributed by atoms with Crippen molar-refractivity contribution >= 4 is 27.5 Å². The number of carboxylic acid groups (broad SMARTS) is 2. The van der Waals surface area contributed by atoms with Crippen LogP contribution in [0.5, 0.6) is 0 Å². The summed E-state index contributed by atoms with van der Waals surface area (Å²) in [7, 11) is -3.64. The molecule has 0 spiro atoms. The molecule has 0 atom stereocenters. The van der Waals surface area contributed by atoms with Gasteiger partial charge in [-0.05, 0) is 123 Å². The maximum atomic E-state index is 12.8. The molecule has 0 bridgehead atoms. The molecule has 0 aliphatic heterocycles. The van der Waals surface area contributed by atoms with E-state index in [9.17, 15) is 18.0 Å². The smallest absolute Gasteiger partial charge is 0.328 e. The van der Waals surface area contributed by atoms with Gasteiger partial charge >= 0.3 is 11.9 Å². The second-order valence-corrected chi connectivity index (χ2v) is 17.9. The summed E-state index contributed by atoms with van der Waals surface area (Å²) in [6, 6.07) is 19.1. The summed E-state index contributed by atoms with van der Waals surface area (Å²) in [6.07, 6.45) is 28.0. The van der Waals surface area contributed by atoms with E-state index in [-0.39, 0.29) is 15.7 Å². The molecule has 2 aliphatic carbocycles. The van der Waals surface area contributed by atoms with Crippen molar-refractivity contribution in [1.29, 1.82) is 0 Å². The molecule has 0 amide bonds. The van der Waals surface area contributed by atoms with E-state index < -0.39 is 22.0 Å². The first-order chi connectivity index (χ1) is 27.3. The summed E-state index contributed by atoms with van der Waals surface area (Å²) in [5, 5.41) is 17.5. The third-order valence-corrected chi connectivity index (χ3v) is 11.6. The Morgan fingerprint density at radius 1 is 0.621 bits per heavy atom. The average molecular weight is 804 g/mol. The quantitative estimate of drug-likeness (QED) is 0.129. The molecule has 0 aromatic heterocycles. The molecule has 0 saturated heterocycles. The van der Waals surface area contributed by atoms with Crippen molar-refractivity contribution in [2.24, 2.45) is 10.8 Å². The lowest BCUT2D eigenvalue weighted by atomic mass is 9.71. The van der Waals surface area contributed by atoms with Gasteiger partial charge in [0.25, 0.3) is 10.0 Å². The molecule has 2 aromatic rings. The lowest BCUT2D eigenvalue weighted by Crippen LogP contribution is -2.30. The highest BCUT2D eigenvalue weighted by atomic mass is 32.2. The molecule has 58 heavy (non-hydrogen) atoms. The monoisotopic (exact) mass is 803 g/mol. The van der Waals surface area contributed by atoms with Gasteiger partial charge in [0.15, 0.2) is 0 Å². The predicted octanol–water partition coefficient (Wildman–Crippen LogP) is 12.3. The molecule has 2 aromatic carbocycles. The highest BCUT2D eigenvalue weighted by molar-refractivity contribution is 7.89. The van der Waals surface area contributed by atoms with Crippen LogP contribution < -0.4 is 4.72 Å². The van der Waals surface area contributed by atoms with Gasteiger partial charge < -0.3 is 10.2 Å². The van der Waals surface area contributed by atoms with Crippen LogP contribution in [0, 0.1) is 10.8 Å². The number of hydrogen-bond acceptors (Lipinski definition) is 4. The Morgan fingerprint density at radius 3 is 1.57 bits per heavy atom. The Bertz CT molecular complexity index is 2190. The Morgan fingerprint density at radius 2 is 1.07 bits per heavy atom. The lowest BCUT2D eigenvalue weighted by molar-refractivity contribution is -0.132. The fourth-order valence-electron chi connectivity index (χ4n) is 7.02. The number of hydrogen-bond donors (Lipinski definition) is 3. The van der Waals surface area contributed by atoms with E-state index in [0.29, 0.717) is 12.0 Å². The van der Waals surface area contributed by atoms with E-state index in [1.54, 1.807) is 56.3 Å². The standard InChI is InChI=1S/C25H31NO4S.C25H30O2/c1-19(10-8-11-20(2)18-24(27)28)15-16-22-23(14-9-17-25(22,3)4)26-31(29,30)21-12-6-5-7-13-21;1-19(10-8-11-20(2)18-24(26)27)15-16-23-22(14-9-17-25(23,3)4)21-12-6-5-7-13-21/h5-8,10-13,15-16,18,26H,9,14,17H2,1-4H3,(H,27,28);5-8,10-13,15-16,18H,9,14,17H2,1-4H3,(H,26,27)/b2*11-8+,16-15+,19-10+,20-18+. The fourth-order valence-corrected chi connectivity index (χ4v) is 8.19. The van der Waals surface area contributed by atoms with Crippen LogP contribution in [0.2, 0.25) is 0 Å². The van der Waals surface area contributed by atoms with Crippen LogP contribution in [-0.4, -0.2) is 30.6 Å². The van der Waals surface area contributed by atoms with Gasteiger partial charge in [0.2, 0.25) is 0 Å². The number of carboxylic acids is 2.